The van der Waals surface area contributed by atoms with Crippen LogP contribution in [-0.4, -0.2) is 14.2 Å². The molecule has 0 fully saturated rings. The molecule has 2 aromatic rings. The van der Waals surface area contributed by atoms with Crippen LogP contribution in [0.3, 0.4) is 0 Å². The highest BCUT2D eigenvalue weighted by Gasteiger charge is 2.09. The van der Waals surface area contributed by atoms with Gasteiger partial charge in [0.1, 0.15) is 0 Å². The average Bonchev–Trinajstić information content (AvgIpc) is 2.49. The average molecular weight is 273 g/mol. The van der Waals surface area contributed by atoms with E-state index in [1.165, 1.54) is 0 Å². The minimum atomic E-state index is 0.432. The molecular formula is C16H19NO3. The first-order valence-electron chi connectivity index (χ1n) is 6.36. The monoisotopic (exact) mass is 273 g/mol. The fourth-order valence-electron chi connectivity index (χ4n) is 1.91. The van der Waals surface area contributed by atoms with Crippen LogP contribution >= 0.6 is 0 Å². The lowest BCUT2D eigenvalue weighted by molar-refractivity contribution is 0.107. The molecule has 106 valence electrons. The van der Waals surface area contributed by atoms with Gasteiger partial charge in [-0.1, -0.05) is 30.3 Å². The van der Waals surface area contributed by atoms with Gasteiger partial charge in [0.25, 0.3) is 0 Å². The van der Waals surface area contributed by atoms with Gasteiger partial charge in [0.15, 0.2) is 11.5 Å². The van der Waals surface area contributed by atoms with Crippen molar-refractivity contribution in [1.29, 1.82) is 0 Å². The van der Waals surface area contributed by atoms with Crippen LogP contribution in [0.4, 0.5) is 5.69 Å². The second kappa shape index (κ2) is 6.82. The number of hydrogen-bond donors (Lipinski definition) is 1. The standard InChI is InChI=1S/C16H19NO3/c1-18-15-8-13(14(17)9-16(15)19-2)11-20-10-12-6-4-3-5-7-12/h3-9H,10-11,17H2,1-2H3. The molecular weight excluding hydrogens is 254 g/mol. The minimum absolute atomic E-state index is 0.432. The molecule has 0 saturated carbocycles. The first kappa shape index (κ1) is 14.2. The molecule has 0 unspecified atom stereocenters. The van der Waals surface area contributed by atoms with E-state index >= 15 is 0 Å². The van der Waals surface area contributed by atoms with Gasteiger partial charge in [-0.3, -0.25) is 0 Å². The number of benzene rings is 2. The highest BCUT2D eigenvalue weighted by atomic mass is 16.5. The Labute approximate surface area is 119 Å². The van der Waals surface area contributed by atoms with E-state index in [0.717, 1.165) is 11.1 Å². The number of nitrogens with two attached hydrogens (primary N) is 1. The minimum Gasteiger partial charge on any atom is -0.493 e. The van der Waals surface area contributed by atoms with E-state index < -0.39 is 0 Å². The van der Waals surface area contributed by atoms with Gasteiger partial charge in [0.05, 0.1) is 27.4 Å². The van der Waals surface area contributed by atoms with Gasteiger partial charge in [0, 0.05) is 17.3 Å². The van der Waals surface area contributed by atoms with Crippen LogP contribution in [0.25, 0.3) is 0 Å². The molecule has 0 atom stereocenters. The first-order chi connectivity index (χ1) is 9.74. The first-order valence-corrected chi connectivity index (χ1v) is 6.36. The lowest BCUT2D eigenvalue weighted by atomic mass is 10.1. The number of ether oxygens (including phenoxy) is 3. The predicted molar refractivity (Wildman–Crippen MR) is 78.9 cm³/mol. The molecule has 0 aliphatic carbocycles. The maximum absolute atomic E-state index is 5.98. The van der Waals surface area contributed by atoms with Gasteiger partial charge in [0.2, 0.25) is 0 Å². The van der Waals surface area contributed by atoms with Crippen molar-refractivity contribution in [2.75, 3.05) is 20.0 Å². The van der Waals surface area contributed by atoms with Gasteiger partial charge in [-0.15, -0.1) is 0 Å². The summed E-state index contributed by atoms with van der Waals surface area (Å²) in [6, 6.07) is 13.6. The molecule has 0 spiro atoms. The molecule has 0 heterocycles. The molecule has 0 aromatic heterocycles. The van der Waals surface area contributed by atoms with E-state index in [1.54, 1.807) is 20.3 Å². The third-order valence-electron chi connectivity index (χ3n) is 3.01. The van der Waals surface area contributed by atoms with Crippen LogP contribution < -0.4 is 15.2 Å². The molecule has 20 heavy (non-hydrogen) atoms. The van der Waals surface area contributed by atoms with Crippen LogP contribution in [0.1, 0.15) is 11.1 Å². The van der Waals surface area contributed by atoms with Crippen LogP contribution in [0.15, 0.2) is 42.5 Å². The second-order valence-corrected chi connectivity index (χ2v) is 4.38. The summed E-state index contributed by atoms with van der Waals surface area (Å²) in [6.07, 6.45) is 0. The van der Waals surface area contributed by atoms with Crippen molar-refractivity contribution in [2.45, 2.75) is 13.2 Å². The lowest BCUT2D eigenvalue weighted by Crippen LogP contribution is -2.01. The van der Waals surface area contributed by atoms with Gasteiger partial charge in [-0.2, -0.15) is 0 Å². The van der Waals surface area contributed by atoms with E-state index in [0.29, 0.717) is 30.4 Å². The number of hydrogen-bond acceptors (Lipinski definition) is 4. The fourth-order valence-corrected chi connectivity index (χ4v) is 1.91. The Kier molecular flexibility index (Phi) is 4.85. The maximum Gasteiger partial charge on any atom is 0.162 e. The van der Waals surface area contributed by atoms with Gasteiger partial charge < -0.3 is 19.9 Å². The zero-order valence-electron chi connectivity index (χ0n) is 11.8. The number of rotatable bonds is 6. The normalized spacial score (nSPS) is 10.3. The smallest absolute Gasteiger partial charge is 0.162 e. The third-order valence-corrected chi connectivity index (χ3v) is 3.01. The van der Waals surface area contributed by atoms with E-state index in [4.69, 9.17) is 19.9 Å². The Morgan fingerprint density at radius 1 is 0.900 bits per heavy atom. The van der Waals surface area contributed by atoms with Gasteiger partial charge in [-0.05, 0) is 11.6 Å². The highest BCUT2D eigenvalue weighted by molar-refractivity contribution is 5.57. The predicted octanol–water partition coefficient (Wildman–Crippen LogP) is 3.00. The summed E-state index contributed by atoms with van der Waals surface area (Å²) < 4.78 is 16.1. The van der Waals surface area contributed by atoms with Crippen molar-refractivity contribution in [2.24, 2.45) is 0 Å². The zero-order chi connectivity index (χ0) is 14.4. The Morgan fingerprint density at radius 3 is 2.20 bits per heavy atom. The molecule has 2 N–H and O–H groups in total. The molecule has 4 heteroatoms. The number of anilines is 1. The summed E-state index contributed by atoms with van der Waals surface area (Å²) in [7, 11) is 3.19. The summed E-state index contributed by atoms with van der Waals surface area (Å²) in [5.74, 6) is 1.27. The van der Waals surface area contributed by atoms with Crippen molar-refractivity contribution in [3.05, 3.63) is 53.6 Å². The quantitative estimate of drug-likeness (QED) is 0.822. The van der Waals surface area contributed by atoms with Crippen LogP contribution in [-0.2, 0) is 18.0 Å². The van der Waals surface area contributed by atoms with Crippen molar-refractivity contribution in [3.8, 4) is 11.5 Å². The van der Waals surface area contributed by atoms with Crippen molar-refractivity contribution >= 4 is 5.69 Å². The van der Waals surface area contributed by atoms with Gasteiger partial charge >= 0.3 is 0 Å². The number of nitrogen functional groups attached to an aromatic ring is 1. The maximum atomic E-state index is 5.98. The Hall–Kier alpha value is -2.20. The van der Waals surface area contributed by atoms with E-state index in [2.05, 4.69) is 0 Å². The van der Waals surface area contributed by atoms with Crippen LogP contribution in [0.5, 0.6) is 11.5 Å². The molecule has 0 aliphatic heterocycles. The molecule has 0 saturated heterocycles. The topological polar surface area (TPSA) is 53.7 Å². The molecule has 4 nitrogen and oxygen atoms in total. The number of methoxy groups -OCH3 is 2. The van der Waals surface area contributed by atoms with Crippen molar-refractivity contribution in [1.82, 2.24) is 0 Å². The highest BCUT2D eigenvalue weighted by Crippen LogP contribution is 2.32. The molecule has 2 rings (SSSR count). The Morgan fingerprint density at radius 2 is 1.55 bits per heavy atom. The van der Waals surface area contributed by atoms with Crippen molar-refractivity contribution in [3.63, 3.8) is 0 Å². The van der Waals surface area contributed by atoms with E-state index in [-0.39, 0.29) is 0 Å². The van der Waals surface area contributed by atoms with E-state index in [1.807, 2.05) is 36.4 Å². The lowest BCUT2D eigenvalue weighted by Gasteiger charge is -2.12. The summed E-state index contributed by atoms with van der Waals surface area (Å²) in [6.45, 7) is 0.982. The molecule has 0 aliphatic rings. The molecule has 0 radical (unpaired) electrons. The largest absolute Gasteiger partial charge is 0.493 e. The summed E-state index contributed by atoms with van der Waals surface area (Å²) >= 11 is 0. The summed E-state index contributed by atoms with van der Waals surface area (Å²) in [5.41, 5.74) is 8.64. The molecule has 0 bridgehead atoms. The third kappa shape index (κ3) is 3.42. The SMILES string of the molecule is COc1cc(N)c(COCc2ccccc2)cc1OC. The molecule has 2 aromatic carbocycles. The Balaban J connectivity index is 2.02. The molecule has 0 amide bonds. The summed E-state index contributed by atoms with van der Waals surface area (Å²) in [5, 5.41) is 0. The zero-order valence-corrected chi connectivity index (χ0v) is 11.8. The second-order valence-electron chi connectivity index (χ2n) is 4.38. The van der Waals surface area contributed by atoms with Gasteiger partial charge in [-0.25, -0.2) is 0 Å². The van der Waals surface area contributed by atoms with Crippen LogP contribution in [0.2, 0.25) is 0 Å². The Bertz CT molecular complexity index is 555. The van der Waals surface area contributed by atoms with E-state index in [9.17, 15) is 0 Å². The fraction of sp³-hybridized carbons (Fsp3) is 0.250. The summed E-state index contributed by atoms with van der Waals surface area (Å²) in [4.78, 5) is 0. The van der Waals surface area contributed by atoms with Crippen molar-refractivity contribution < 1.29 is 14.2 Å². The van der Waals surface area contributed by atoms with Crippen LogP contribution in [0, 0.1) is 0 Å².